The zero-order valence-electron chi connectivity index (χ0n) is 15.9. The largest absolute Gasteiger partial charge is 0.434 e. The predicted octanol–water partition coefficient (Wildman–Crippen LogP) is 5.10. The second-order valence-corrected chi connectivity index (χ2v) is 8.52. The number of anilines is 1. The van der Waals surface area contributed by atoms with Gasteiger partial charge in [0, 0.05) is 11.9 Å². The summed E-state index contributed by atoms with van der Waals surface area (Å²) < 4.78 is 90.2. The Morgan fingerprint density at radius 2 is 1.59 bits per heavy atom. The van der Waals surface area contributed by atoms with E-state index in [0.29, 0.717) is 22.5 Å². The lowest BCUT2D eigenvalue weighted by atomic mass is 10.1. The van der Waals surface area contributed by atoms with E-state index in [-0.39, 0.29) is 16.6 Å². The van der Waals surface area contributed by atoms with E-state index in [9.17, 15) is 35.7 Å². The molecule has 0 spiro atoms. The Morgan fingerprint density at radius 1 is 0.969 bits per heavy atom. The van der Waals surface area contributed by atoms with Gasteiger partial charge in [-0.2, -0.15) is 26.3 Å². The number of rotatable bonds is 7. The molecule has 0 saturated heterocycles. The second kappa shape index (κ2) is 9.57. The minimum atomic E-state index is -4.59. The van der Waals surface area contributed by atoms with Gasteiger partial charge in [-0.3, -0.25) is 10.0 Å². The van der Waals surface area contributed by atoms with Crippen LogP contribution in [0.3, 0.4) is 0 Å². The molecule has 1 heterocycles. The molecule has 0 aliphatic heterocycles. The highest BCUT2D eigenvalue weighted by atomic mass is 32.2. The van der Waals surface area contributed by atoms with E-state index in [1.807, 2.05) is 0 Å². The van der Waals surface area contributed by atoms with E-state index in [0.717, 1.165) is 17.5 Å². The number of aromatic nitrogens is 1. The Morgan fingerprint density at radius 3 is 2.12 bits per heavy atom. The Balaban J connectivity index is 1.56. The third kappa shape index (κ3) is 6.28. The highest BCUT2D eigenvalue weighted by molar-refractivity contribution is 7.86. The monoisotopic (exact) mass is 495 g/mol. The van der Waals surface area contributed by atoms with Gasteiger partial charge < -0.3 is 5.11 Å². The minimum absolute atomic E-state index is 0.0973. The van der Waals surface area contributed by atoms with E-state index >= 15 is 0 Å². The molecule has 0 bridgehead atoms. The summed E-state index contributed by atoms with van der Waals surface area (Å²) in [6, 6.07) is 10.2. The van der Waals surface area contributed by atoms with Crippen LogP contribution in [-0.2, 0) is 29.9 Å². The van der Waals surface area contributed by atoms with Crippen molar-refractivity contribution in [1.29, 1.82) is 0 Å². The number of nitrogens with zero attached hydrogens (tertiary/aromatic N) is 1. The van der Waals surface area contributed by atoms with Gasteiger partial charge in [0.2, 0.25) is 0 Å². The third-order valence-corrected chi connectivity index (χ3v) is 6.13. The van der Waals surface area contributed by atoms with Crippen LogP contribution in [-0.4, -0.2) is 14.3 Å². The number of aliphatic hydroxyl groups excluding tert-OH is 1. The average Bonchev–Trinajstić information content (AvgIpc) is 3.21. The van der Waals surface area contributed by atoms with Crippen LogP contribution in [0.15, 0.2) is 58.8 Å². The van der Waals surface area contributed by atoms with Gasteiger partial charge in [0.1, 0.15) is 6.23 Å². The number of hydrogen-bond donors (Lipinski definition) is 3. The van der Waals surface area contributed by atoms with Crippen molar-refractivity contribution in [2.45, 2.75) is 30.0 Å². The molecule has 3 aromatic rings. The van der Waals surface area contributed by atoms with Gasteiger partial charge in [-0.1, -0.05) is 24.3 Å². The third-order valence-electron chi connectivity index (χ3n) is 4.17. The summed E-state index contributed by atoms with van der Waals surface area (Å²) in [6.45, 7) is 0.0973. The van der Waals surface area contributed by atoms with Crippen LogP contribution in [0.25, 0.3) is 0 Å². The molecule has 0 fully saturated rings. The van der Waals surface area contributed by atoms with Crippen LogP contribution in [0.2, 0.25) is 0 Å². The standard InChI is InChI=1S/C19H15F6N3O2S2/c20-18(21,22)13-5-1-11(2-6-13)9-26-16(29)12-3-7-14(8-4-12)32(30)28-17-27-15(10-31-17)19(23,24)25/h1-8,10,16,26,29H,9H2,(H,27,28). The first kappa shape index (κ1) is 24.2. The Bertz CT molecular complexity index is 1070. The summed E-state index contributed by atoms with van der Waals surface area (Å²) in [4.78, 5) is 3.58. The maximum Gasteiger partial charge on any atom is 0.434 e. The summed E-state index contributed by atoms with van der Waals surface area (Å²) in [5, 5.41) is 13.6. The van der Waals surface area contributed by atoms with Crippen molar-refractivity contribution in [2.24, 2.45) is 0 Å². The Kier molecular flexibility index (Phi) is 7.22. The van der Waals surface area contributed by atoms with E-state index in [4.69, 9.17) is 0 Å². The van der Waals surface area contributed by atoms with Crippen molar-refractivity contribution in [3.05, 3.63) is 76.3 Å². The van der Waals surface area contributed by atoms with Crippen LogP contribution in [0.4, 0.5) is 31.5 Å². The van der Waals surface area contributed by atoms with Crippen molar-refractivity contribution in [3.63, 3.8) is 0 Å². The van der Waals surface area contributed by atoms with Crippen molar-refractivity contribution in [3.8, 4) is 0 Å². The van der Waals surface area contributed by atoms with Crippen LogP contribution in [0.1, 0.15) is 28.6 Å². The maximum atomic E-state index is 12.6. The van der Waals surface area contributed by atoms with Crippen LogP contribution < -0.4 is 10.0 Å². The summed E-state index contributed by atoms with van der Waals surface area (Å²) in [6.07, 6.45) is -10.2. The zero-order chi connectivity index (χ0) is 23.5. The lowest BCUT2D eigenvalue weighted by Gasteiger charge is -2.14. The molecular weight excluding hydrogens is 480 g/mol. The topological polar surface area (TPSA) is 74.2 Å². The van der Waals surface area contributed by atoms with Crippen LogP contribution >= 0.6 is 11.3 Å². The number of benzene rings is 2. The minimum Gasteiger partial charge on any atom is -0.374 e. The summed E-state index contributed by atoms with van der Waals surface area (Å²) >= 11 is 0.666. The predicted molar refractivity (Wildman–Crippen MR) is 107 cm³/mol. The van der Waals surface area contributed by atoms with Crippen molar-refractivity contribution >= 4 is 27.5 Å². The van der Waals surface area contributed by atoms with Gasteiger partial charge in [0.05, 0.1) is 10.5 Å². The molecule has 0 aliphatic carbocycles. The molecule has 5 nitrogen and oxygen atoms in total. The van der Waals surface area contributed by atoms with Crippen molar-refractivity contribution in [1.82, 2.24) is 10.3 Å². The fraction of sp³-hybridized carbons (Fsp3) is 0.211. The van der Waals surface area contributed by atoms with E-state index in [2.05, 4.69) is 15.0 Å². The Labute approximate surface area is 184 Å². The van der Waals surface area contributed by atoms with E-state index in [1.54, 1.807) is 0 Å². The molecule has 0 radical (unpaired) electrons. The number of halogens is 6. The molecule has 2 aromatic carbocycles. The molecule has 32 heavy (non-hydrogen) atoms. The first-order valence-corrected chi connectivity index (χ1v) is 10.8. The lowest BCUT2D eigenvalue weighted by molar-refractivity contribution is -0.140. The highest BCUT2D eigenvalue weighted by Gasteiger charge is 2.34. The van der Waals surface area contributed by atoms with Crippen molar-refractivity contribution < 1.29 is 35.7 Å². The normalized spacial score (nSPS) is 14.2. The summed E-state index contributed by atoms with van der Waals surface area (Å²) in [5.41, 5.74) is -0.933. The number of alkyl halides is 6. The smallest absolute Gasteiger partial charge is 0.374 e. The second-order valence-electron chi connectivity index (χ2n) is 6.45. The Hall–Kier alpha value is -2.48. The van der Waals surface area contributed by atoms with Crippen LogP contribution in [0.5, 0.6) is 0 Å². The first-order valence-electron chi connectivity index (χ1n) is 8.82. The maximum absolute atomic E-state index is 12.6. The van der Waals surface area contributed by atoms with Crippen molar-refractivity contribution in [2.75, 3.05) is 4.72 Å². The molecule has 0 amide bonds. The zero-order valence-corrected chi connectivity index (χ0v) is 17.5. The number of aliphatic hydroxyl groups is 1. The lowest BCUT2D eigenvalue weighted by Crippen LogP contribution is -2.20. The molecule has 2 atom stereocenters. The molecule has 0 saturated carbocycles. The van der Waals surface area contributed by atoms with E-state index < -0.39 is 40.8 Å². The number of thiazole rings is 1. The SMILES string of the molecule is O=S(Nc1nc(C(F)(F)F)cs1)c1ccc(C(O)NCc2ccc(C(F)(F)F)cc2)cc1. The quantitative estimate of drug-likeness (QED) is 0.315. The van der Waals surface area contributed by atoms with Crippen LogP contribution in [0, 0.1) is 0 Å². The molecule has 3 rings (SSSR count). The van der Waals surface area contributed by atoms with E-state index in [1.165, 1.54) is 36.4 Å². The molecule has 172 valence electrons. The van der Waals surface area contributed by atoms with Gasteiger partial charge in [-0.25, -0.2) is 9.19 Å². The van der Waals surface area contributed by atoms with Gasteiger partial charge in [0.15, 0.2) is 21.8 Å². The molecule has 1 aromatic heterocycles. The molecular formula is C19H15F6N3O2S2. The number of nitrogens with one attached hydrogen (secondary N) is 2. The molecule has 0 aliphatic rings. The van der Waals surface area contributed by atoms with Gasteiger partial charge >= 0.3 is 12.4 Å². The molecule has 3 N–H and O–H groups in total. The molecule has 2 unspecified atom stereocenters. The van der Waals surface area contributed by atoms with Gasteiger partial charge in [-0.05, 0) is 35.4 Å². The first-order chi connectivity index (χ1) is 14.9. The van der Waals surface area contributed by atoms with Gasteiger partial charge in [0.25, 0.3) is 0 Å². The summed E-state index contributed by atoms with van der Waals surface area (Å²) in [5.74, 6) is 0. The summed E-state index contributed by atoms with van der Waals surface area (Å²) in [7, 11) is -1.88. The fourth-order valence-electron chi connectivity index (χ4n) is 2.51. The fourth-order valence-corrected chi connectivity index (χ4v) is 4.19. The average molecular weight is 495 g/mol. The van der Waals surface area contributed by atoms with Gasteiger partial charge in [-0.15, -0.1) is 11.3 Å². The highest BCUT2D eigenvalue weighted by Crippen LogP contribution is 2.32. The molecule has 13 heteroatoms. The number of hydrogen-bond acceptors (Lipinski definition) is 5.